The summed E-state index contributed by atoms with van der Waals surface area (Å²) < 4.78 is 35.2. The van der Waals surface area contributed by atoms with Gasteiger partial charge in [0.05, 0.1) is 30.6 Å². The lowest BCUT2D eigenvalue weighted by atomic mass is 10.2. The Balaban J connectivity index is 2.01. The maximum atomic E-state index is 13.1. The Labute approximate surface area is 126 Å². The van der Waals surface area contributed by atoms with Crippen molar-refractivity contribution in [2.24, 2.45) is 5.92 Å². The Hall–Kier alpha value is -0.920. The second kappa shape index (κ2) is 5.37. The van der Waals surface area contributed by atoms with Gasteiger partial charge >= 0.3 is 0 Å². The summed E-state index contributed by atoms with van der Waals surface area (Å²) in [5.74, 6) is 0.460. The molecule has 1 aromatic rings. The first kappa shape index (κ1) is 15.0. The van der Waals surface area contributed by atoms with E-state index >= 15 is 0 Å². The molecule has 2 heterocycles. The fourth-order valence-corrected chi connectivity index (χ4v) is 5.27. The van der Waals surface area contributed by atoms with E-state index in [1.54, 1.807) is 15.9 Å². The van der Waals surface area contributed by atoms with Crippen molar-refractivity contribution in [1.82, 2.24) is 14.1 Å². The number of ether oxygens (including phenoxy) is 1. The van der Waals surface area contributed by atoms with E-state index in [-0.39, 0.29) is 6.04 Å². The lowest BCUT2D eigenvalue weighted by Gasteiger charge is -2.34. The third-order valence-electron chi connectivity index (χ3n) is 4.46. The normalized spacial score (nSPS) is 24.4. The Kier molecular flexibility index (Phi) is 3.83. The minimum Gasteiger partial charge on any atom is -0.378 e. The van der Waals surface area contributed by atoms with Gasteiger partial charge in [0.1, 0.15) is 4.90 Å². The van der Waals surface area contributed by atoms with Crippen molar-refractivity contribution in [2.45, 2.75) is 51.1 Å². The van der Waals surface area contributed by atoms with E-state index in [1.807, 2.05) is 13.8 Å². The van der Waals surface area contributed by atoms with Gasteiger partial charge in [-0.2, -0.15) is 9.40 Å². The van der Waals surface area contributed by atoms with Crippen LogP contribution < -0.4 is 0 Å². The molecule has 1 aliphatic heterocycles. The van der Waals surface area contributed by atoms with Crippen molar-refractivity contribution in [3.05, 3.63) is 11.4 Å². The molecule has 0 N–H and O–H groups in total. The molecule has 1 unspecified atom stereocenters. The van der Waals surface area contributed by atoms with Crippen LogP contribution >= 0.6 is 0 Å². The van der Waals surface area contributed by atoms with Crippen LogP contribution in [0, 0.1) is 19.8 Å². The van der Waals surface area contributed by atoms with Crippen LogP contribution in [-0.4, -0.2) is 48.3 Å². The number of rotatable bonds is 4. The van der Waals surface area contributed by atoms with Crippen LogP contribution in [0.5, 0.6) is 0 Å². The Bertz CT molecular complexity index is 634. The van der Waals surface area contributed by atoms with Gasteiger partial charge in [0.2, 0.25) is 10.0 Å². The molecule has 1 atom stereocenters. The molecule has 1 aliphatic carbocycles. The summed E-state index contributed by atoms with van der Waals surface area (Å²) in [4.78, 5) is 0.386. The van der Waals surface area contributed by atoms with Crippen LogP contribution in [0.3, 0.4) is 0 Å². The van der Waals surface area contributed by atoms with Gasteiger partial charge in [0, 0.05) is 13.1 Å². The first-order valence-electron chi connectivity index (χ1n) is 7.60. The summed E-state index contributed by atoms with van der Waals surface area (Å²) in [6.45, 7) is 7.70. The fourth-order valence-electron chi connectivity index (χ4n) is 3.24. The highest BCUT2D eigenvalue weighted by Crippen LogP contribution is 2.39. The third-order valence-corrected chi connectivity index (χ3v) is 6.64. The quantitative estimate of drug-likeness (QED) is 0.841. The number of hydrogen-bond acceptors (Lipinski definition) is 4. The number of hydrogen-bond donors (Lipinski definition) is 0. The summed E-state index contributed by atoms with van der Waals surface area (Å²) in [7, 11) is -3.50. The van der Waals surface area contributed by atoms with E-state index in [0.717, 1.165) is 18.5 Å². The molecule has 3 rings (SSSR count). The Morgan fingerprint density at radius 2 is 2.05 bits per heavy atom. The summed E-state index contributed by atoms with van der Waals surface area (Å²) in [6, 6.07) is -0.00692. The van der Waals surface area contributed by atoms with Crippen LogP contribution in [-0.2, 0) is 21.3 Å². The van der Waals surface area contributed by atoms with Crippen molar-refractivity contribution in [3.8, 4) is 0 Å². The first-order valence-corrected chi connectivity index (χ1v) is 9.04. The Morgan fingerprint density at radius 1 is 1.33 bits per heavy atom. The van der Waals surface area contributed by atoms with Gasteiger partial charge in [0.15, 0.2) is 0 Å². The zero-order chi connectivity index (χ0) is 15.2. The van der Waals surface area contributed by atoms with E-state index in [9.17, 15) is 8.42 Å². The van der Waals surface area contributed by atoms with E-state index in [4.69, 9.17) is 4.74 Å². The minimum absolute atomic E-state index is 0.00692. The molecule has 2 aliphatic rings. The van der Waals surface area contributed by atoms with Crippen molar-refractivity contribution in [3.63, 3.8) is 0 Å². The van der Waals surface area contributed by atoms with Crippen molar-refractivity contribution < 1.29 is 13.2 Å². The van der Waals surface area contributed by atoms with Gasteiger partial charge in [-0.15, -0.1) is 0 Å². The number of aryl methyl sites for hydroxylation is 2. The number of aromatic nitrogens is 2. The summed E-state index contributed by atoms with van der Waals surface area (Å²) >= 11 is 0. The minimum atomic E-state index is -3.50. The number of sulfonamides is 1. The second-order valence-corrected chi connectivity index (χ2v) is 7.74. The molecule has 0 radical (unpaired) electrons. The highest BCUT2D eigenvalue weighted by molar-refractivity contribution is 7.89. The number of nitrogens with zero attached hydrogens (tertiary/aromatic N) is 3. The third kappa shape index (κ3) is 2.51. The number of morpholine rings is 1. The van der Waals surface area contributed by atoms with E-state index in [1.165, 1.54) is 0 Å². The monoisotopic (exact) mass is 313 g/mol. The second-order valence-electron chi connectivity index (χ2n) is 5.91. The summed E-state index contributed by atoms with van der Waals surface area (Å²) in [5, 5.41) is 4.35. The van der Waals surface area contributed by atoms with Crippen LogP contribution in [0.4, 0.5) is 0 Å². The predicted octanol–water partition coefficient (Wildman–Crippen LogP) is 1.32. The molecule has 0 bridgehead atoms. The van der Waals surface area contributed by atoms with Gasteiger partial charge in [-0.05, 0) is 39.5 Å². The lowest BCUT2D eigenvalue weighted by molar-refractivity contribution is 0.0247. The van der Waals surface area contributed by atoms with E-state index < -0.39 is 10.0 Å². The molecule has 7 heteroatoms. The standard InChI is InChI=1S/C14H23N3O3S/c1-4-16-11(3)14(10(2)15-16)21(18,19)17-7-8-20-9-13(17)12-5-6-12/h12-13H,4-9H2,1-3H3. The molecule has 1 saturated heterocycles. The molecule has 0 spiro atoms. The Morgan fingerprint density at radius 3 is 2.62 bits per heavy atom. The predicted molar refractivity (Wildman–Crippen MR) is 78.6 cm³/mol. The average molecular weight is 313 g/mol. The molecule has 1 aromatic heterocycles. The largest absolute Gasteiger partial charge is 0.378 e. The highest BCUT2D eigenvalue weighted by Gasteiger charge is 2.44. The molecule has 1 saturated carbocycles. The van der Waals surface area contributed by atoms with Gasteiger partial charge in [0.25, 0.3) is 0 Å². The SMILES string of the molecule is CCn1nc(C)c(S(=O)(=O)N2CCOCC2C2CC2)c1C. The first-order chi connectivity index (χ1) is 9.96. The summed E-state index contributed by atoms with van der Waals surface area (Å²) in [6.07, 6.45) is 2.21. The molecule has 21 heavy (non-hydrogen) atoms. The zero-order valence-corrected chi connectivity index (χ0v) is 13.7. The van der Waals surface area contributed by atoms with Crippen molar-refractivity contribution in [2.75, 3.05) is 19.8 Å². The molecule has 0 amide bonds. The van der Waals surface area contributed by atoms with E-state index in [0.29, 0.717) is 42.8 Å². The maximum Gasteiger partial charge on any atom is 0.247 e. The van der Waals surface area contributed by atoms with Gasteiger partial charge in [-0.1, -0.05) is 0 Å². The fraction of sp³-hybridized carbons (Fsp3) is 0.786. The smallest absolute Gasteiger partial charge is 0.247 e. The van der Waals surface area contributed by atoms with Crippen LogP contribution in [0.15, 0.2) is 4.90 Å². The van der Waals surface area contributed by atoms with Crippen LogP contribution in [0.25, 0.3) is 0 Å². The topological polar surface area (TPSA) is 64.4 Å². The molecule has 0 aromatic carbocycles. The molecule has 118 valence electrons. The van der Waals surface area contributed by atoms with Gasteiger partial charge < -0.3 is 4.74 Å². The van der Waals surface area contributed by atoms with E-state index in [2.05, 4.69) is 5.10 Å². The van der Waals surface area contributed by atoms with Crippen LogP contribution in [0.1, 0.15) is 31.2 Å². The lowest BCUT2D eigenvalue weighted by Crippen LogP contribution is -2.49. The van der Waals surface area contributed by atoms with Crippen molar-refractivity contribution in [1.29, 1.82) is 0 Å². The molecular weight excluding hydrogens is 290 g/mol. The maximum absolute atomic E-state index is 13.1. The average Bonchev–Trinajstić information content (AvgIpc) is 3.25. The van der Waals surface area contributed by atoms with Crippen molar-refractivity contribution >= 4 is 10.0 Å². The van der Waals surface area contributed by atoms with Gasteiger partial charge in [-0.25, -0.2) is 8.42 Å². The molecular formula is C14H23N3O3S. The molecule has 6 nitrogen and oxygen atoms in total. The van der Waals surface area contributed by atoms with Crippen LogP contribution in [0.2, 0.25) is 0 Å². The van der Waals surface area contributed by atoms with Gasteiger partial charge in [-0.3, -0.25) is 4.68 Å². The zero-order valence-electron chi connectivity index (χ0n) is 12.9. The summed E-state index contributed by atoms with van der Waals surface area (Å²) in [5.41, 5.74) is 1.33. The highest BCUT2D eigenvalue weighted by atomic mass is 32.2. The molecule has 2 fully saturated rings.